The van der Waals surface area contributed by atoms with Crippen LogP contribution in [0.25, 0.3) is 0 Å². The molecule has 0 amide bonds. The summed E-state index contributed by atoms with van der Waals surface area (Å²) in [5.74, 6) is -0.0706. The number of esters is 1. The molecule has 0 aromatic heterocycles. The van der Waals surface area contributed by atoms with E-state index in [1.165, 1.54) is 0 Å². The van der Waals surface area contributed by atoms with Gasteiger partial charge in [0.15, 0.2) is 0 Å². The molecule has 1 aliphatic rings. The number of carbonyl (C=O) groups is 1. The van der Waals surface area contributed by atoms with Crippen molar-refractivity contribution in [1.82, 2.24) is 10.2 Å². The number of ether oxygens (including phenoxy) is 1. The van der Waals surface area contributed by atoms with Gasteiger partial charge in [-0.05, 0) is 20.3 Å². The van der Waals surface area contributed by atoms with Gasteiger partial charge in [0.05, 0.1) is 6.61 Å². The number of hydrogen-bond donors (Lipinski definition) is 1. The standard InChI is InChI=1S/C12H24N2O2/c1-4-6-12(3,11(15)16-5-2)14-9-7-13-8-10-14/h13H,4-10H2,1-3H3. The van der Waals surface area contributed by atoms with Crippen molar-refractivity contribution in [3.63, 3.8) is 0 Å². The molecule has 1 rings (SSSR count). The lowest BCUT2D eigenvalue weighted by atomic mass is 9.93. The van der Waals surface area contributed by atoms with Crippen LogP contribution in [0.1, 0.15) is 33.6 Å². The van der Waals surface area contributed by atoms with Crippen molar-refractivity contribution in [3.05, 3.63) is 0 Å². The number of nitrogens with zero attached hydrogens (tertiary/aromatic N) is 1. The summed E-state index contributed by atoms with van der Waals surface area (Å²) < 4.78 is 5.21. The van der Waals surface area contributed by atoms with Crippen molar-refractivity contribution in [3.8, 4) is 0 Å². The number of rotatable bonds is 5. The molecule has 0 saturated carbocycles. The predicted molar refractivity (Wildman–Crippen MR) is 64.4 cm³/mol. The van der Waals surface area contributed by atoms with Crippen LogP contribution < -0.4 is 5.32 Å². The lowest BCUT2D eigenvalue weighted by Gasteiger charge is -2.41. The van der Waals surface area contributed by atoms with Gasteiger partial charge in [0.25, 0.3) is 0 Å². The fraction of sp³-hybridized carbons (Fsp3) is 0.917. The van der Waals surface area contributed by atoms with Crippen molar-refractivity contribution in [2.24, 2.45) is 0 Å². The Morgan fingerprint density at radius 1 is 1.38 bits per heavy atom. The highest BCUT2D eigenvalue weighted by molar-refractivity contribution is 5.80. The van der Waals surface area contributed by atoms with Crippen molar-refractivity contribution in [2.45, 2.75) is 39.2 Å². The Balaban J connectivity index is 2.72. The average molecular weight is 228 g/mol. The zero-order chi connectivity index (χ0) is 12.0. The van der Waals surface area contributed by atoms with E-state index in [1.54, 1.807) is 0 Å². The fourth-order valence-corrected chi connectivity index (χ4v) is 2.32. The predicted octanol–water partition coefficient (Wildman–Crippen LogP) is 1.01. The zero-order valence-corrected chi connectivity index (χ0v) is 10.7. The molecule has 1 heterocycles. The number of piperazine rings is 1. The molecular weight excluding hydrogens is 204 g/mol. The maximum absolute atomic E-state index is 12.1. The van der Waals surface area contributed by atoms with E-state index in [9.17, 15) is 4.79 Å². The van der Waals surface area contributed by atoms with Crippen LogP contribution in [-0.4, -0.2) is 49.2 Å². The number of carbonyl (C=O) groups excluding carboxylic acids is 1. The topological polar surface area (TPSA) is 41.6 Å². The molecule has 1 atom stereocenters. The summed E-state index contributed by atoms with van der Waals surface area (Å²) in [6, 6.07) is 0. The number of hydrogen-bond acceptors (Lipinski definition) is 4. The minimum absolute atomic E-state index is 0.0706. The van der Waals surface area contributed by atoms with Gasteiger partial charge in [-0.25, -0.2) is 0 Å². The van der Waals surface area contributed by atoms with E-state index >= 15 is 0 Å². The molecule has 16 heavy (non-hydrogen) atoms. The second kappa shape index (κ2) is 6.21. The van der Waals surface area contributed by atoms with Gasteiger partial charge >= 0.3 is 5.97 Å². The van der Waals surface area contributed by atoms with Gasteiger partial charge in [0.1, 0.15) is 5.54 Å². The fourth-order valence-electron chi connectivity index (χ4n) is 2.32. The van der Waals surface area contributed by atoms with E-state index in [0.717, 1.165) is 39.0 Å². The van der Waals surface area contributed by atoms with Gasteiger partial charge in [0.2, 0.25) is 0 Å². The normalized spacial score (nSPS) is 21.4. The third kappa shape index (κ3) is 2.95. The quantitative estimate of drug-likeness (QED) is 0.713. The molecule has 0 aromatic rings. The maximum Gasteiger partial charge on any atom is 0.326 e. The SMILES string of the molecule is CCCC(C)(C(=O)OCC)N1CCNCC1. The Hall–Kier alpha value is -0.610. The van der Waals surface area contributed by atoms with Crippen LogP contribution in [0.3, 0.4) is 0 Å². The molecule has 1 saturated heterocycles. The second-order valence-corrected chi connectivity index (χ2v) is 4.48. The third-order valence-electron chi connectivity index (χ3n) is 3.27. The molecular formula is C12H24N2O2. The maximum atomic E-state index is 12.1. The molecule has 0 aromatic carbocycles. The summed E-state index contributed by atoms with van der Waals surface area (Å²) in [5.41, 5.74) is -0.438. The van der Waals surface area contributed by atoms with E-state index in [2.05, 4.69) is 17.1 Å². The molecule has 1 fully saturated rings. The molecule has 0 spiro atoms. The van der Waals surface area contributed by atoms with Crippen molar-refractivity contribution >= 4 is 5.97 Å². The molecule has 4 nitrogen and oxygen atoms in total. The van der Waals surface area contributed by atoms with Crippen molar-refractivity contribution in [2.75, 3.05) is 32.8 Å². The lowest BCUT2D eigenvalue weighted by molar-refractivity contribution is -0.158. The monoisotopic (exact) mass is 228 g/mol. The summed E-state index contributed by atoms with van der Waals surface area (Å²) in [6.07, 6.45) is 1.87. The summed E-state index contributed by atoms with van der Waals surface area (Å²) >= 11 is 0. The minimum atomic E-state index is -0.438. The summed E-state index contributed by atoms with van der Waals surface area (Å²) in [7, 11) is 0. The van der Waals surface area contributed by atoms with E-state index in [0.29, 0.717) is 6.61 Å². The zero-order valence-electron chi connectivity index (χ0n) is 10.7. The van der Waals surface area contributed by atoms with E-state index in [4.69, 9.17) is 4.74 Å². The van der Waals surface area contributed by atoms with Crippen LogP contribution in [0, 0.1) is 0 Å². The first-order valence-corrected chi connectivity index (χ1v) is 6.28. The summed E-state index contributed by atoms with van der Waals surface area (Å²) in [4.78, 5) is 14.3. The van der Waals surface area contributed by atoms with Gasteiger partial charge in [-0.1, -0.05) is 13.3 Å². The molecule has 94 valence electrons. The van der Waals surface area contributed by atoms with E-state index < -0.39 is 5.54 Å². The van der Waals surface area contributed by atoms with Crippen LogP contribution in [0.2, 0.25) is 0 Å². The molecule has 0 bridgehead atoms. The van der Waals surface area contributed by atoms with Crippen LogP contribution in [0.5, 0.6) is 0 Å². The summed E-state index contributed by atoms with van der Waals surface area (Å²) in [5, 5.41) is 3.31. The van der Waals surface area contributed by atoms with Gasteiger partial charge in [0, 0.05) is 26.2 Å². The van der Waals surface area contributed by atoms with Crippen LogP contribution >= 0.6 is 0 Å². The first kappa shape index (κ1) is 13.5. The molecule has 1 N–H and O–H groups in total. The Kier molecular flexibility index (Phi) is 5.22. The largest absolute Gasteiger partial charge is 0.465 e. The first-order chi connectivity index (χ1) is 7.65. The highest BCUT2D eigenvalue weighted by Crippen LogP contribution is 2.23. The van der Waals surface area contributed by atoms with Gasteiger partial charge in [-0.2, -0.15) is 0 Å². The highest BCUT2D eigenvalue weighted by Gasteiger charge is 2.40. The molecule has 1 aliphatic heterocycles. The number of nitrogens with one attached hydrogen (secondary N) is 1. The average Bonchev–Trinajstić information content (AvgIpc) is 2.30. The Bertz CT molecular complexity index is 227. The smallest absolute Gasteiger partial charge is 0.326 e. The van der Waals surface area contributed by atoms with Crippen LogP contribution in [0.15, 0.2) is 0 Å². The molecule has 1 unspecified atom stereocenters. The van der Waals surface area contributed by atoms with Crippen molar-refractivity contribution < 1.29 is 9.53 Å². The summed E-state index contributed by atoms with van der Waals surface area (Å²) in [6.45, 7) is 10.2. The Morgan fingerprint density at radius 3 is 2.50 bits per heavy atom. The first-order valence-electron chi connectivity index (χ1n) is 6.28. The lowest BCUT2D eigenvalue weighted by Crippen LogP contribution is -2.59. The van der Waals surface area contributed by atoms with Crippen LogP contribution in [-0.2, 0) is 9.53 Å². The Labute approximate surface area is 98.3 Å². The Morgan fingerprint density at radius 2 is 2.00 bits per heavy atom. The highest BCUT2D eigenvalue weighted by atomic mass is 16.5. The molecule has 0 radical (unpaired) electrons. The van der Waals surface area contributed by atoms with E-state index in [1.807, 2.05) is 13.8 Å². The molecule has 4 heteroatoms. The molecule has 0 aliphatic carbocycles. The minimum Gasteiger partial charge on any atom is -0.465 e. The van der Waals surface area contributed by atoms with Crippen molar-refractivity contribution in [1.29, 1.82) is 0 Å². The van der Waals surface area contributed by atoms with Crippen LogP contribution in [0.4, 0.5) is 0 Å². The third-order valence-corrected chi connectivity index (χ3v) is 3.27. The second-order valence-electron chi connectivity index (χ2n) is 4.48. The van der Waals surface area contributed by atoms with Gasteiger partial charge < -0.3 is 10.1 Å². The van der Waals surface area contributed by atoms with Gasteiger partial charge in [-0.15, -0.1) is 0 Å². The van der Waals surface area contributed by atoms with E-state index in [-0.39, 0.29) is 5.97 Å². The van der Waals surface area contributed by atoms with Gasteiger partial charge in [-0.3, -0.25) is 9.69 Å².